The number of anilines is 1. The van der Waals surface area contributed by atoms with Crippen molar-refractivity contribution in [2.24, 2.45) is 16.5 Å². The van der Waals surface area contributed by atoms with Crippen molar-refractivity contribution in [2.45, 2.75) is 24.3 Å². The van der Waals surface area contributed by atoms with Crippen molar-refractivity contribution >= 4 is 50.0 Å². The molecule has 2 aromatic carbocycles. The van der Waals surface area contributed by atoms with Crippen LogP contribution >= 0.6 is 11.3 Å². The van der Waals surface area contributed by atoms with Crippen LogP contribution in [0.1, 0.15) is 33.4 Å². The lowest BCUT2D eigenvalue weighted by molar-refractivity contribution is -0.137. The van der Waals surface area contributed by atoms with Crippen LogP contribution in [0.15, 0.2) is 64.5 Å². The van der Waals surface area contributed by atoms with Crippen molar-refractivity contribution in [2.75, 3.05) is 5.32 Å². The van der Waals surface area contributed by atoms with Crippen LogP contribution in [0, 0.1) is 6.92 Å². The Morgan fingerprint density at radius 1 is 1.15 bits per heavy atom. The molecular weight excluding hydrogens is 480 g/mol. The summed E-state index contributed by atoms with van der Waals surface area (Å²) in [5, 5.41) is 12.1. The quantitative estimate of drug-likeness (QED) is 0.217. The lowest BCUT2D eigenvalue weighted by Gasteiger charge is -2.18. The summed E-state index contributed by atoms with van der Waals surface area (Å²) in [7, 11) is -4.11. The Labute approximate surface area is 199 Å². The van der Waals surface area contributed by atoms with Crippen molar-refractivity contribution in [3.8, 4) is 0 Å². The molecule has 0 aliphatic carbocycles. The molecule has 13 heteroatoms. The Kier molecular flexibility index (Phi) is 7.61. The fraction of sp³-hybridized carbons (Fsp3) is 0.143. The number of aliphatic carboxylic acids is 1. The number of hydrogen-bond donors (Lipinski definition) is 5. The Morgan fingerprint density at radius 3 is 2.50 bits per heavy atom. The Bertz CT molecular complexity index is 1330. The average Bonchev–Trinajstić information content (AvgIpc) is 3.13. The maximum absolute atomic E-state index is 13.0. The molecule has 1 aromatic heterocycles. The molecule has 3 aromatic rings. The number of nitrogens with zero attached hydrogens (tertiary/aromatic N) is 2. The average molecular weight is 503 g/mol. The molecule has 0 saturated carbocycles. The number of amides is 1. The second-order valence-corrected chi connectivity index (χ2v) is 9.80. The summed E-state index contributed by atoms with van der Waals surface area (Å²) < 4.78 is 28.4. The largest absolute Gasteiger partial charge is 0.481 e. The highest BCUT2D eigenvalue weighted by molar-refractivity contribution is 7.89. The number of aromatic nitrogens is 1. The lowest BCUT2D eigenvalue weighted by atomic mass is 10.1. The van der Waals surface area contributed by atoms with Crippen LogP contribution in [0.25, 0.3) is 0 Å². The summed E-state index contributed by atoms with van der Waals surface area (Å²) >= 11 is 0.980. The Morgan fingerprint density at radius 2 is 1.85 bits per heavy atom. The molecule has 1 atom stereocenters. The van der Waals surface area contributed by atoms with Crippen molar-refractivity contribution in [3.63, 3.8) is 0 Å². The third-order valence-corrected chi connectivity index (χ3v) is 7.02. The summed E-state index contributed by atoms with van der Waals surface area (Å²) in [6.45, 7) is 1.62. The van der Waals surface area contributed by atoms with E-state index in [1.54, 1.807) is 37.3 Å². The van der Waals surface area contributed by atoms with Crippen LogP contribution in [0.3, 0.4) is 0 Å². The molecule has 0 aliphatic heterocycles. The zero-order chi connectivity index (χ0) is 24.9. The van der Waals surface area contributed by atoms with Gasteiger partial charge in [-0.3, -0.25) is 9.59 Å². The first-order chi connectivity index (χ1) is 16.0. The maximum Gasteiger partial charge on any atom is 0.305 e. The summed E-state index contributed by atoms with van der Waals surface area (Å²) in [5.74, 6) is -1.86. The molecule has 0 aliphatic rings. The SMILES string of the molecule is Cc1nc(N=C(N)N)sc1C(=O)Nc1cccc(S(=O)(=O)NC(CC(=O)O)c2ccccc2)c1. The molecule has 7 N–H and O–H groups in total. The van der Waals surface area contributed by atoms with Crippen LogP contribution in [0.2, 0.25) is 0 Å². The summed E-state index contributed by atoms with van der Waals surface area (Å²) in [6, 6.07) is 13.0. The van der Waals surface area contributed by atoms with Gasteiger partial charge in [0.1, 0.15) is 4.88 Å². The van der Waals surface area contributed by atoms with Crippen molar-refractivity contribution in [1.29, 1.82) is 0 Å². The smallest absolute Gasteiger partial charge is 0.305 e. The van der Waals surface area contributed by atoms with Gasteiger partial charge in [-0.25, -0.2) is 18.1 Å². The van der Waals surface area contributed by atoms with Gasteiger partial charge in [0.25, 0.3) is 5.91 Å². The van der Waals surface area contributed by atoms with Crippen LogP contribution in [-0.4, -0.2) is 36.3 Å². The minimum atomic E-state index is -4.11. The van der Waals surface area contributed by atoms with Gasteiger partial charge in [0, 0.05) is 5.69 Å². The number of sulfonamides is 1. The molecule has 0 spiro atoms. The monoisotopic (exact) mass is 502 g/mol. The number of carbonyl (C=O) groups excluding carboxylic acids is 1. The lowest BCUT2D eigenvalue weighted by Crippen LogP contribution is -2.30. The first kappa shape index (κ1) is 24.8. The number of guanidine groups is 1. The number of rotatable bonds is 9. The van der Waals surface area contributed by atoms with Gasteiger partial charge in [-0.15, -0.1) is 0 Å². The molecule has 0 radical (unpaired) electrons. The van der Waals surface area contributed by atoms with Crippen molar-refractivity contribution < 1.29 is 23.1 Å². The van der Waals surface area contributed by atoms with E-state index in [1.807, 2.05) is 0 Å². The molecule has 1 amide bonds. The molecular formula is C21H22N6O5S2. The molecule has 1 unspecified atom stereocenters. The number of carboxylic acids is 1. The first-order valence-electron chi connectivity index (χ1n) is 9.82. The molecule has 0 saturated heterocycles. The van der Waals surface area contributed by atoms with Crippen LogP contribution in [0.5, 0.6) is 0 Å². The number of nitrogens with two attached hydrogens (primary N) is 2. The zero-order valence-electron chi connectivity index (χ0n) is 17.9. The van der Waals surface area contributed by atoms with Crippen LogP contribution < -0.4 is 21.5 Å². The maximum atomic E-state index is 13.0. The molecule has 11 nitrogen and oxygen atoms in total. The van der Waals surface area contributed by atoms with E-state index < -0.39 is 34.4 Å². The van der Waals surface area contributed by atoms with Gasteiger partial charge in [-0.2, -0.15) is 4.99 Å². The van der Waals surface area contributed by atoms with E-state index in [1.165, 1.54) is 24.3 Å². The van der Waals surface area contributed by atoms with Gasteiger partial charge in [-0.05, 0) is 30.7 Å². The van der Waals surface area contributed by atoms with Gasteiger partial charge in [0.05, 0.1) is 23.1 Å². The van der Waals surface area contributed by atoms with Gasteiger partial charge < -0.3 is 21.9 Å². The second kappa shape index (κ2) is 10.4. The highest BCUT2D eigenvalue weighted by Gasteiger charge is 2.24. The molecule has 178 valence electrons. The number of benzene rings is 2. The van der Waals surface area contributed by atoms with Gasteiger partial charge >= 0.3 is 5.97 Å². The second-order valence-electron chi connectivity index (χ2n) is 7.11. The van der Waals surface area contributed by atoms with E-state index in [4.69, 9.17) is 11.5 Å². The number of carboxylic acid groups (broad SMARTS) is 1. The normalized spacial score (nSPS) is 12.0. The number of aryl methyl sites for hydroxylation is 1. The highest BCUT2D eigenvalue weighted by Crippen LogP contribution is 2.27. The van der Waals surface area contributed by atoms with E-state index in [0.29, 0.717) is 11.3 Å². The van der Waals surface area contributed by atoms with Gasteiger partial charge in [0.15, 0.2) is 5.96 Å². The number of thiazole rings is 1. The van der Waals surface area contributed by atoms with Crippen molar-refractivity contribution in [3.05, 3.63) is 70.7 Å². The Hall–Kier alpha value is -3.81. The minimum absolute atomic E-state index is 0.140. The van der Waals surface area contributed by atoms with Gasteiger partial charge in [0.2, 0.25) is 15.2 Å². The zero-order valence-corrected chi connectivity index (χ0v) is 19.6. The molecule has 0 fully saturated rings. The number of aliphatic imine (C=N–C) groups is 1. The molecule has 0 bridgehead atoms. The summed E-state index contributed by atoms with van der Waals surface area (Å²) in [4.78, 5) is 32.0. The minimum Gasteiger partial charge on any atom is -0.481 e. The number of carbonyl (C=O) groups is 2. The number of hydrogen-bond acceptors (Lipinski definition) is 7. The van der Waals surface area contributed by atoms with Gasteiger partial charge in [-0.1, -0.05) is 47.7 Å². The number of nitrogens with one attached hydrogen (secondary N) is 2. The third-order valence-electron chi connectivity index (χ3n) is 4.50. The van der Waals surface area contributed by atoms with Crippen molar-refractivity contribution in [1.82, 2.24) is 9.71 Å². The predicted molar refractivity (Wildman–Crippen MR) is 128 cm³/mol. The molecule has 1 heterocycles. The van der Waals surface area contributed by atoms with E-state index in [9.17, 15) is 23.1 Å². The van der Waals surface area contributed by atoms with E-state index in [2.05, 4.69) is 20.0 Å². The fourth-order valence-electron chi connectivity index (χ4n) is 3.02. The van der Waals surface area contributed by atoms with E-state index in [0.717, 1.165) is 11.3 Å². The summed E-state index contributed by atoms with van der Waals surface area (Å²) in [5.41, 5.74) is 11.8. The topological polar surface area (TPSA) is 190 Å². The Balaban J connectivity index is 1.82. The van der Waals surface area contributed by atoms with Crippen LogP contribution in [-0.2, 0) is 14.8 Å². The summed E-state index contributed by atoms with van der Waals surface area (Å²) in [6.07, 6.45) is -0.442. The van der Waals surface area contributed by atoms with E-state index >= 15 is 0 Å². The predicted octanol–water partition coefficient (Wildman–Crippen LogP) is 2.10. The standard InChI is InChI=1S/C21H22N6O5S2/c1-12-18(33-21(24-12)26-20(22)23)19(30)25-14-8-5-9-15(10-14)34(31,32)27-16(11-17(28)29)13-6-3-2-4-7-13/h2-10,16,27H,11H2,1H3,(H,25,30)(H,28,29)(H4,22,23,24,26). The highest BCUT2D eigenvalue weighted by atomic mass is 32.2. The molecule has 34 heavy (non-hydrogen) atoms. The molecule has 3 rings (SSSR count). The van der Waals surface area contributed by atoms with Crippen LogP contribution in [0.4, 0.5) is 10.8 Å². The fourth-order valence-corrected chi connectivity index (χ4v) is 5.15. The first-order valence-corrected chi connectivity index (χ1v) is 12.1. The van der Waals surface area contributed by atoms with E-state index in [-0.39, 0.29) is 26.6 Å². The third kappa shape index (κ3) is 6.37.